The summed E-state index contributed by atoms with van der Waals surface area (Å²) in [6.07, 6.45) is 5.91. The minimum atomic E-state index is -1.21. The topological polar surface area (TPSA) is 159 Å². The second-order valence-corrected chi connectivity index (χ2v) is 8.20. The fourth-order valence-corrected chi connectivity index (χ4v) is 3.23. The standard InChI is InChI=1S/C20H33N3O6S/c1-13(2)5-4-6-14(3)9-10-30-12-16(19(27)22-11-18(25)26)23-17(24)8-7-15(21)20(28)29/h5,9,15-16H,4,6-8,10-12,21H2,1-3H3,(H,22,27)(H,23,24)(H,25,26)(H,28,29)/b14-9+/t15-,16-/m0/s1. The minimum Gasteiger partial charge on any atom is -0.480 e. The summed E-state index contributed by atoms with van der Waals surface area (Å²) < 4.78 is 0. The zero-order valence-corrected chi connectivity index (χ0v) is 18.6. The van der Waals surface area contributed by atoms with Gasteiger partial charge in [0.15, 0.2) is 0 Å². The zero-order chi connectivity index (χ0) is 23.1. The molecule has 170 valence electrons. The molecule has 0 saturated carbocycles. The molecule has 0 aliphatic heterocycles. The molecule has 0 saturated heterocycles. The van der Waals surface area contributed by atoms with Gasteiger partial charge in [0.05, 0.1) is 0 Å². The summed E-state index contributed by atoms with van der Waals surface area (Å²) in [5.41, 5.74) is 7.87. The first-order valence-electron chi connectivity index (χ1n) is 9.66. The summed E-state index contributed by atoms with van der Waals surface area (Å²) in [6.45, 7) is 5.58. The van der Waals surface area contributed by atoms with Crippen LogP contribution in [0.15, 0.2) is 23.3 Å². The van der Waals surface area contributed by atoms with Gasteiger partial charge in [0.25, 0.3) is 0 Å². The van der Waals surface area contributed by atoms with E-state index >= 15 is 0 Å². The number of aliphatic carboxylic acids is 2. The highest BCUT2D eigenvalue weighted by molar-refractivity contribution is 7.99. The number of carbonyl (C=O) groups is 4. The lowest BCUT2D eigenvalue weighted by atomic mass is 10.1. The molecule has 30 heavy (non-hydrogen) atoms. The van der Waals surface area contributed by atoms with E-state index in [2.05, 4.69) is 22.8 Å². The van der Waals surface area contributed by atoms with Crippen LogP contribution in [0.25, 0.3) is 0 Å². The van der Waals surface area contributed by atoms with Crippen molar-refractivity contribution in [2.75, 3.05) is 18.1 Å². The number of amides is 2. The Balaban J connectivity index is 4.68. The van der Waals surface area contributed by atoms with Gasteiger partial charge in [0.1, 0.15) is 18.6 Å². The largest absolute Gasteiger partial charge is 0.480 e. The van der Waals surface area contributed by atoms with E-state index in [-0.39, 0.29) is 18.6 Å². The first-order chi connectivity index (χ1) is 14.0. The average Bonchev–Trinajstić information content (AvgIpc) is 2.65. The van der Waals surface area contributed by atoms with Crippen molar-refractivity contribution < 1.29 is 29.4 Å². The number of thioether (sulfide) groups is 1. The van der Waals surface area contributed by atoms with Crippen LogP contribution in [0.1, 0.15) is 46.5 Å². The van der Waals surface area contributed by atoms with E-state index in [4.69, 9.17) is 15.9 Å². The predicted octanol–water partition coefficient (Wildman–Crippen LogP) is 1.29. The van der Waals surface area contributed by atoms with Crippen molar-refractivity contribution >= 4 is 35.5 Å². The lowest BCUT2D eigenvalue weighted by Crippen LogP contribution is -2.49. The third-order valence-corrected chi connectivity index (χ3v) is 4.96. The van der Waals surface area contributed by atoms with E-state index in [0.717, 1.165) is 12.8 Å². The molecule has 9 nitrogen and oxygen atoms in total. The fraction of sp³-hybridized carbons (Fsp3) is 0.600. The highest BCUT2D eigenvalue weighted by atomic mass is 32.2. The molecule has 10 heteroatoms. The summed E-state index contributed by atoms with van der Waals surface area (Å²) in [7, 11) is 0. The Bertz CT molecular complexity index is 659. The Morgan fingerprint density at radius 2 is 1.73 bits per heavy atom. The van der Waals surface area contributed by atoms with Crippen molar-refractivity contribution in [2.24, 2.45) is 5.73 Å². The van der Waals surface area contributed by atoms with Gasteiger partial charge in [-0.3, -0.25) is 19.2 Å². The first-order valence-corrected chi connectivity index (χ1v) is 10.8. The number of nitrogens with two attached hydrogens (primary N) is 1. The normalized spacial score (nSPS) is 13.1. The van der Waals surface area contributed by atoms with Gasteiger partial charge in [-0.15, -0.1) is 0 Å². The van der Waals surface area contributed by atoms with Crippen LogP contribution >= 0.6 is 11.8 Å². The van der Waals surface area contributed by atoms with Crippen LogP contribution in [0.4, 0.5) is 0 Å². The van der Waals surface area contributed by atoms with Crippen LogP contribution in [0.3, 0.4) is 0 Å². The molecule has 0 fully saturated rings. The molecule has 2 amide bonds. The molecule has 0 spiro atoms. The van der Waals surface area contributed by atoms with Crippen LogP contribution in [0.2, 0.25) is 0 Å². The van der Waals surface area contributed by atoms with Crippen molar-refractivity contribution in [2.45, 2.75) is 58.5 Å². The molecular weight excluding hydrogens is 410 g/mol. The molecule has 0 aliphatic carbocycles. The molecule has 0 unspecified atom stereocenters. The van der Waals surface area contributed by atoms with Gasteiger partial charge in [0, 0.05) is 17.9 Å². The smallest absolute Gasteiger partial charge is 0.322 e. The Morgan fingerprint density at radius 3 is 2.30 bits per heavy atom. The summed E-state index contributed by atoms with van der Waals surface area (Å²) in [6, 6.07) is -2.09. The zero-order valence-electron chi connectivity index (χ0n) is 17.8. The average molecular weight is 444 g/mol. The van der Waals surface area contributed by atoms with Gasteiger partial charge in [-0.1, -0.05) is 23.3 Å². The maximum Gasteiger partial charge on any atom is 0.322 e. The van der Waals surface area contributed by atoms with Gasteiger partial charge in [-0.25, -0.2) is 0 Å². The summed E-state index contributed by atoms with van der Waals surface area (Å²) in [4.78, 5) is 45.7. The molecule has 0 heterocycles. The first kappa shape index (κ1) is 27.7. The summed E-state index contributed by atoms with van der Waals surface area (Å²) in [5, 5.41) is 22.3. The van der Waals surface area contributed by atoms with Crippen LogP contribution in [0.5, 0.6) is 0 Å². The van der Waals surface area contributed by atoms with Crippen LogP contribution < -0.4 is 16.4 Å². The second kappa shape index (κ2) is 15.5. The lowest BCUT2D eigenvalue weighted by molar-refractivity contribution is -0.139. The quantitative estimate of drug-likeness (QED) is 0.187. The Labute approximate surface area is 181 Å². The number of carboxylic acids is 2. The molecule has 0 aromatic heterocycles. The van der Waals surface area contributed by atoms with Gasteiger partial charge in [-0.05, 0) is 40.0 Å². The lowest BCUT2D eigenvalue weighted by Gasteiger charge is -2.18. The summed E-state index contributed by atoms with van der Waals surface area (Å²) >= 11 is 1.43. The van der Waals surface area contributed by atoms with Crippen LogP contribution in [0, 0.1) is 0 Å². The van der Waals surface area contributed by atoms with Gasteiger partial charge in [0.2, 0.25) is 11.8 Å². The predicted molar refractivity (Wildman–Crippen MR) is 117 cm³/mol. The summed E-state index contributed by atoms with van der Waals surface area (Å²) in [5.74, 6) is -2.63. The number of nitrogens with one attached hydrogen (secondary N) is 2. The van der Waals surface area contributed by atoms with Gasteiger partial charge < -0.3 is 26.6 Å². The van der Waals surface area contributed by atoms with Crippen molar-refractivity contribution in [3.63, 3.8) is 0 Å². The van der Waals surface area contributed by atoms with Crippen molar-refractivity contribution in [1.29, 1.82) is 0 Å². The molecule has 2 atom stereocenters. The van der Waals surface area contributed by atoms with E-state index in [9.17, 15) is 19.2 Å². The SMILES string of the molecule is CC(C)=CCC/C(C)=C/CSC[C@H](NC(=O)CC[C@H](N)C(=O)O)C(=O)NCC(=O)O. The van der Waals surface area contributed by atoms with Crippen molar-refractivity contribution in [3.8, 4) is 0 Å². The van der Waals surface area contributed by atoms with Crippen LogP contribution in [-0.4, -0.2) is 64.1 Å². The Morgan fingerprint density at radius 1 is 1.07 bits per heavy atom. The molecule has 0 aromatic rings. The molecule has 0 rings (SSSR count). The number of allylic oxidation sites excluding steroid dienone is 3. The van der Waals surface area contributed by atoms with E-state index in [1.54, 1.807) is 0 Å². The van der Waals surface area contributed by atoms with E-state index in [1.807, 2.05) is 20.8 Å². The Hall–Kier alpha value is -2.33. The third kappa shape index (κ3) is 14.6. The fourth-order valence-electron chi connectivity index (χ4n) is 2.22. The number of hydrogen-bond donors (Lipinski definition) is 5. The third-order valence-electron chi connectivity index (χ3n) is 3.99. The van der Waals surface area contributed by atoms with Gasteiger partial charge >= 0.3 is 11.9 Å². The number of carboxylic acid groups (broad SMARTS) is 2. The highest BCUT2D eigenvalue weighted by Crippen LogP contribution is 2.11. The Kier molecular flexibility index (Phi) is 14.3. The van der Waals surface area contributed by atoms with E-state index in [1.165, 1.54) is 22.9 Å². The van der Waals surface area contributed by atoms with Crippen LogP contribution in [-0.2, 0) is 19.2 Å². The molecule has 0 radical (unpaired) electrons. The monoisotopic (exact) mass is 443 g/mol. The molecule has 6 N–H and O–H groups in total. The minimum absolute atomic E-state index is 0.0641. The molecule has 0 aliphatic rings. The highest BCUT2D eigenvalue weighted by Gasteiger charge is 2.22. The van der Waals surface area contributed by atoms with Gasteiger partial charge in [-0.2, -0.15) is 11.8 Å². The molecule has 0 bridgehead atoms. The van der Waals surface area contributed by atoms with Crippen molar-refractivity contribution in [3.05, 3.63) is 23.3 Å². The number of rotatable bonds is 15. The molecule has 0 aromatic carbocycles. The molecular formula is C20H33N3O6S. The van der Waals surface area contributed by atoms with Crippen molar-refractivity contribution in [1.82, 2.24) is 10.6 Å². The maximum absolute atomic E-state index is 12.2. The number of carbonyl (C=O) groups excluding carboxylic acids is 2. The van der Waals surface area contributed by atoms with E-state index in [0.29, 0.717) is 5.75 Å². The number of hydrogen-bond acceptors (Lipinski definition) is 6. The van der Waals surface area contributed by atoms with E-state index < -0.39 is 42.4 Å². The maximum atomic E-state index is 12.2. The second-order valence-electron chi connectivity index (χ2n) is 7.12.